The molecule has 0 amide bonds. The lowest BCUT2D eigenvalue weighted by molar-refractivity contribution is 0.587. The van der Waals surface area contributed by atoms with Crippen molar-refractivity contribution in [1.82, 2.24) is 0 Å². The first-order chi connectivity index (χ1) is 29.2. The van der Waals surface area contributed by atoms with Gasteiger partial charge < -0.3 is 9.80 Å². The van der Waals surface area contributed by atoms with Crippen molar-refractivity contribution in [3.8, 4) is 12.1 Å². The lowest BCUT2D eigenvalue weighted by atomic mass is 9.71. The first-order valence-electron chi connectivity index (χ1n) is 21.0. The number of benzene rings is 4. The van der Waals surface area contributed by atoms with Gasteiger partial charge in [0.1, 0.15) is 12.1 Å². The van der Waals surface area contributed by atoms with Crippen LogP contribution in [-0.2, 0) is 10.8 Å². The van der Waals surface area contributed by atoms with Gasteiger partial charge in [-0.25, -0.2) is 0 Å². The van der Waals surface area contributed by atoms with Crippen LogP contribution >= 0.6 is 0 Å². The monoisotopic (exact) mass is 776 g/mol. The Morgan fingerprint density at radius 2 is 1.20 bits per heavy atom. The van der Waals surface area contributed by atoms with Crippen LogP contribution in [-0.4, -0.2) is 0 Å². The molecule has 4 nitrogen and oxygen atoms in total. The molecule has 0 saturated heterocycles. The molecular weight excluding hydrogens is 729 g/mol. The van der Waals surface area contributed by atoms with E-state index in [0.29, 0.717) is 30.4 Å². The van der Waals surface area contributed by atoms with Crippen molar-refractivity contribution in [2.45, 2.75) is 70.6 Å². The average molecular weight is 777 g/mol. The zero-order valence-corrected chi connectivity index (χ0v) is 34.8. The summed E-state index contributed by atoms with van der Waals surface area (Å²) in [6.07, 6.45) is 30.6. The predicted molar refractivity (Wildman–Crippen MR) is 247 cm³/mol. The standard InChI is InChI=1S/C56H48N4/c1-55(2)47-27-7-5-6-8-31-51(47)59(52-32-12-9-28-48(52)55)43-23-15-19-39(20-16-24-43)45-35-41(37-57)42(38-58)36-46(45)40-21-17-25-44(26-18-22-40)60-53-33-13-10-29-49(53)56(3,4)50-30-11-14-34-54(50)60/h5,7-17,19,22,24-26,28-36H,6,18,21,23,27H2,1-4H3/b7-5-,19-15-,25-17-,31-8-,40-22+,43-24+,44-26+. The summed E-state index contributed by atoms with van der Waals surface area (Å²) in [5, 5.41) is 20.4. The van der Waals surface area contributed by atoms with Crippen LogP contribution < -0.4 is 9.80 Å². The fourth-order valence-corrected chi connectivity index (χ4v) is 9.71. The highest BCUT2D eigenvalue weighted by atomic mass is 15.2. The fraction of sp³-hybridized carbons (Fsp3) is 0.196. The molecule has 0 radical (unpaired) electrons. The largest absolute Gasteiger partial charge is 0.314 e. The SMILES string of the molecule is CC1(C)C2=C(/C=C\C/C=C\C2)N(/C2=C/C=C=C(c3cc(C#N)c(C#N)cc3/C3=C/C/C=C(N4c5ccccc5C(C)(C)c5ccccc54)\C=C/C3)/C=C\C2)c2ccccc21. The van der Waals surface area contributed by atoms with Crippen molar-refractivity contribution in [2.75, 3.05) is 9.80 Å². The minimum absolute atomic E-state index is 0.111. The van der Waals surface area contributed by atoms with Gasteiger partial charge in [-0.05, 0) is 119 Å². The Hall–Kier alpha value is -7.10. The molecule has 0 aromatic heterocycles. The summed E-state index contributed by atoms with van der Waals surface area (Å²) in [7, 11) is 0. The van der Waals surface area contributed by atoms with Gasteiger partial charge in [0.2, 0.25) is 0 Å². The minimum Gasteiger partial charge on any atom is -0.314 e. The molecule has 0 atom stereocenters. The van der Waals surface area contributed by atoms with E-state index in [0.717, 1.165) is 46.5 Å². The second kappa shape index (κ2) is 15.6. The Morgan fingerprint density at radius 3 is 1.88 bits per heavy atom. The van der Waals surface area contributed by atoms with Crippen molar-refractivity contribution in [1.29, 1.82) is 10.5 Å². The number of nitrogens with zero attached hydrogens (tertiary/aromatic N) is 4. The zero-order chi connectivity index (χ0) is 41.4. The number of rotatable bonds is 4. The number of nitriles is 2. The van der Waals surface area contributed by atoms with E-state index < -0.39 is 0 Å². The third-order valence-electron chi connectivity index (χ3n) is 12.8. The molecule has 4 aromatic carbocycles. The first kappa shape index (κ1) is 38.4. The van der Waals surface area contributed by atoms with Gasteiger partial charge in [0, 0.05) is 45.6 Å². The van der Waals surface area contributed by atoms with E-state index in [2.05, 4.69) is 195 Å². The molecule has 0 spiro atoms. The van der Waals surface area contributed by atoms with Crippen molar-refractivity contribution >= 4 is 28.2 Å². The van der Waals surface area contributed by atoms with Crippen LogP contribution in [0.4, 0.5) is 17.1 Å². The van der Waals surface area contributed by atoms with Gasteiger partial charge in [-0.3, -0.25) is 0 Å². The Balaban J connectivity index is 1.10. The quantitative estimate of drug-likeness (QED) is 0.153. The number of allylic oxidation sites excluding steroid dienone is 14. The van der Waals surface area contributed by atoms with Crippen LogP contribution in [0.2, 0.25) is 0 Å². The summed E-state index contributed by atoms with van der Waals surface area (Å²) >= 11 is 0. The molecule has 0 fully saturated rings. The summed E-state index contributed by atoms with van der Waals surface area (Å²) in [6.45, 7) is 9.31. The first-order valence-corrected chi connectivity index (χ1v) is 21.0. The Bertz CT molecular complexity index is 2810. The molecule has 2 aliphatic heterocycles. The van der Waals surface area contributed by atoms with Crippen molar-refractivity contribution in [3.05, 3.63) is 225 Å². The van der Waals surface area contributed by atoms with Crippen LogP contribution in [0.3, 0.4) is 0 Å². The molecule has 0 unspecified atom stereocenters. The van der Waals surface area contributed by atoms with Crippen molar-refractivity contribution in [3.63, 3.8) is 0 Å². The Kier molecular flexibility index (Phi) is 9.98. The number of fused-ring (bicyclic) bond motifs is 3. The van der Waals surface area contributed by atoms with Gasteiger partial charge in [0.05, 0.1) is 22.5 Å². The average Bonchev–Trinajstić information content (AvgIpc) is 3.22. The highest BCUT2D eigenvalue weighted by Crippen LogP contribution is 2.51. The topological polar surface area (TPSA) is 54.1 Å². The van der Waals surface area contributed by atoms with E-state index >= 15 is 0 Å². The van der Waals surface area contributed by atoms with E-state index in [-0.39, 0.29) is 10.8 Å². The zero-order valence-electron chi connectivity index (χ0n) is 34.8. The van der Waals surface area contributed by atoms with Crippen molar-refractivity contribution < 1.29 is 0 Å². The molecule has 5 aliphatic rings. The van der Waals surface area contributed by atoms with E-state index in [1.165, 1.54) is 45.0 Å². The summed E-state index contributed by atoms with van der Waals surface area (Å²) in [4.78, 5) is 4.84. The predicted octanol–water partition coefficient (Wildman–Crippen LogP) is 13.9. The third kappa shape index (κ3) is 6.57. The van der Waals surface area contributed by atoms with Gasteiger partial charge in [-0.15, -0.1) is 5.73 Å². The van der Waals surface area contributed by atoms with Crippen LogP contribution in [0.5, 0.6) is 0 Å². The number of para-hydroxylation sites is 3. The maximum absolute atomic E-state index is 10.2. The Labute approximate surface area is 355 Å². The van der Waals surface area contributed by atoms with E-state index in [4.69, 9.17) is 0 Å². The highest BCUT2D eigenvalue weighted by molar-refractivity contribution is 5.87. The van der Waals surface area contributed by atoms with E-state index in [9.17, 15) is 10.5 Å². The van der Waals surface area contributed by atoms with Crippen LogP contribution in [0.25, 0.3) is 11.1 Å². The second-order valence-electron chi connectivity index (χ2n) is 17.0. The molecule has 4 heteroatoms. The van der Waals surface area contributed by atoms with Crippen LogP contribution in [0, 0.1) is 22.7 Å². The number of hydrogen-bond acceptors (Lipinski definition) is 4. The molecule has 292 valence electrons. The maximum atomic E-state index is 10.2. The van der Waals surface area contributed by atoms with Gasteiger partial charge >= 0.3 is 0 Å². The van der Waals surface area contributed by atoms with Crippen LogP contribution in [0.1, 0.15) is 98.7 Å². The van der Waals surface area contributed by atoms with Crippen LogP contribution in [0.15, 0.2) is 186 Å². The normalized spacial score (nSPS) is 23.3. The summed E-state index contributed by atoms with van der Waals surface area (Å²) < 4.78 is 0. The lowest BCUT2D eigenvalue weighted by Gasteiger charge is -2.44. The van der Waals surface area contributed by atoms with E-state index in [1.54, 1.807) is 0 Å². The molecular formula is C56H48N4. The fourth-order valence-electron chi connectivity index (χ4n) is 9.71. The minimum atomic E-state index is -0.125. The molecule has 4 aromatic rings. The maximum Gasteiger partial charge on any atom is 0.101 e. The van der Waals surface area contributed by atoms with Gasteiger partial charge in [0.25, 0.3) is 0 Å². The molecule has 2 heterocycles. The molecule has 60 heavy (non-hydrogen) atoms. The third-order valence-corrected chi connectivity index (χ3v) is 12.8. The molecule has 0 saturated carbocycles. The molecule has 9 rings (SSSR count). The lowest BCUT2D eigenvalue weighted by Crippen LogP contribution is -2.36. The summed E-state index contributed by atoms with van der Waals surface area (Å²) in [6, 6.07) is 34.6. The van der Waals surface area contributed by atoms with Gasteiger partial charge in [-0.1, -0.05) is 131 Å². The molecule has 3 aliphatic carbocycles. The molecule has 0 N–H and O–H groups in total. The van der Waals surface area contributed by atoms with Gasteiger partial charge in [0.15, 0.2) is 0 Å². The van der Waals surface area contributed by atoms with Gasteiger partial charge in [-0.2, -0.15) is 10.5 Å². The Morgan fingerprint density at radius 1 is 0.583 bits per heavy atom. The summed E-state index contributed by atoms with van der Waals surface area (Å²) in [5.41, 5.74) is 20.4. The smallest absolute Gasteiger partial charge is 0.101 e. The van der Waals surface area contributed by atoms with Crippen molar-refractivity contribution in [2.24, 2.45) is 0 Å². The molecule has 0 bridgehead atoms. The highest BCUT2D eigenvalue weighted by Gasteiger charge is 2.39. The summed E-state index contributed by atoms with van der Waals surface area (Å²) in [5.74, 6) is 0. The van der Waals surface area contributed by atoms with E-state index in [1.807, 2.05) is 18.2 Å². The number of hydrogen-bond donors (Lipinski definition) is 0. The second-order valence-corrected chi connectivity index (χ2v) is 17.0. The number of anilines is 3.